The summed E-state index contributed by atoms with van der Waals surface area (Å²) in [6.45, 7) is 1.64. The molecule has 1 N–H and O–H groups in total. The van der Waals surface area contributed by atoms with Gasteiger partial charge in [0.1, 0.15) is 11.6 Å². The van der Waals surface area contributed by atoms with Gasteiger partial charge in [-0.05, 0) is 36.8 Å². The fraction of sp³-hybridized carbons (Fsp3) is 0.158. The molecule has 0 aliphatic heterocycles. The number of carbonyl (C=O) groups is 1. The Morgan fingerprint density at radius 2 is 1.86 bits per heavy atom. The number of nitro benzene ring substituents is 1. The van der Waals surface area contributed by atoms with Gasteiger partial charge >= 0.3 is 0 Å². The summed E-state index contributed by atoms with van der Waals surface area (Å²) in [4.78, 5) is 22.5. The number of hydrogen-bond donors (Lipinski definition) is 1. The normalized spacial score (nSPS) is 10.5. The molecule has 0 bridgehead atoms. The van der Waals surface area contributed by atoms with Crippen molar-refractivity contribution in [2.45, 2.75) is 6.92 Å². The number of ether oxygens (including phenoxy) is 1. The lowest BCUT2D eigenvalue weighted by molar-refractivity contribution is -0.384. The molecule has 0 aliphatic carbocycles. The second kappa shape index (κ2) is 8.22. The first kappa shape index (κ1) is 19.6. The third kappa shape index (κ3) is 4.37. The quantitative estimate of drug-likeness (QED) is 0.455. The molecule has 0 saturated heterocycles. The van der Waals surface area contributed by atoms with E-state index in [9.17, 15) is 14.9 Å². The molecular weight excluding hydrogens is 428 g/mol. The number of amides is 1. The highest BCUT2D eigenvalue weighted by Gasteiger charge is 2.17. The van der Waals surface area contributed by atoms with Gasteiger partial charge < -0.3 is 10.1 Å². The van der Waals surface area contributed by atoms with Gasteiger partial charge in [0.25, 0.3) is 11.6 Å². The summed E-state index contributed by atoms with van der Waals surface area (Å²) in [7, 11) is 1.75. The molecule has 3 aromatic rings. The molecule has 0 saturated carbocycles. The molecule has 0 radical (unpaired) electrons. The first-order chi connectivity index (χ1) is 13.3. The number of halogens is 1. The Balaban J connectivity index is 1.72. The minimum absolute atomic E-state index is 0.0405. The SMILES string of the molecule is Cc1nn(C)c(NC(=O)COc2ccc([N+](=O)[O-])cc2)c1-c1ccc(Br)cc1. The summed E-state index contributed by atoms with van der Waals surface area (Å²) in [5, 5.41) is 17.9. The lowest BCUT2D eigenvalue weighted by Gasteiger charge is -2.10. The number of nitrogens with one attached hydrogen (secondary N) is 1. The molecule has 2 aromatic carbocycles. The zero-order valence-electron chi connectivity index (χ0n) is 15.2. The third-order valence-corrected chi connectivity index (χ3v) is 4.56. The van der Waals surface area contributed by atoms with Crippen molar-refractivity contribution in [1.29, 1.82) is 0 Å². The summed E-state index contributed by atoms with van der Waals surface area (Å²) in [5.74, 6) is 0.576. The van der Waals surface area contributed by atoms with Crippen molar-refractivity contribution < 1.29 is 14.5 Å². The minimum Gasteiger partial charge on any atom is -0.484 e. The van der Waals surface area contributed by atoms with Crippen LogP contribution in [0.1, 0.15) is 5.69 Å². The highest BCUT2D eigenvalue weighted by atomic mass is 79.9. The van der Waals surface area contributed by atoms with Crippen molar-refractivity contribution >= 4 is 33.3 Å². The monoisotopic (exact) mass is 444 g/mol. The molecule has 1 aromatic heterocycles. The molecule has 1 amide bonds. The Hall–Kier alpha value is -3.20. The number of non-ortho nitro benzene ring substituents is 1. The van der Waals surface area contributed by atoms with Gasteiger partial charge in [0.15, 0.2) is 6.61 Å². The Kier molecular flexibility index (Phi) is 5.74. The number of rotatable bonds is 6. The highest BCUT2D eigenvalue weighted by molar-refractivity contribution is 9.10. The first-order valence-corrected chi connectivity index (χ1v) is 9.11. The molecule has 8 nitrogen and oxygen atoms in total. The molecule has 0 spiro atoms. The van der Waals surface area contributed by atoms with E-state index in [2.05, 4.69) is 26.3 Å². The fourth-order valence-electron chi connectivity index (χ4n) is 2.74. The van der Waals surface area contributed by atoms with E-state index in [1.54, 1.807) is 11.7 Å². The molecular formula is C19H17BrN4O4. The number of anilines is 1. The Bertz CT molecular complexity index is 1010. The molecule has 1 heterocycles. The van der Waals surface area contributed by atoms with Crippen LogP contribution in [0, 0.1) is 17.0 Å². The van der Waals surface area contributed by atoms with E-state index in [4.69, 9.17) is 4.74 Å². The molecule has 0 aliphatic rings. The number of nitrogens with zero attached hydrogens (tertiary/aromatic N) is 3. The van der Waals surface area contributed by atoms with Gasteiger partial charge in [-0.3, -0.25) is 19.6 Å². The summed E-state index contributed by atoms with van der Waals surface area (Å²) >= 11 is 3.41. The Labute approximate surface area is 169 Å². The maximum Gasteiger partial charge on any atom is 0.269 e. The molecule has 9 heteroatoms. The van der Waals surface area contributed by atoms with E-state index in [0.29, 0.717) is 11.6 Å². The third-order valence-electron chi connectivity index (χ3n) is 4.03. The molecule has 144 valence electrons. The second-order valence-corrected chi connectivity index (χ2v) is 6.94. The summed E-state index contributed by atoms with van der Waals surface area (Å²) in [6, 6.07) is 13.3. The van der Waals surface area contributed by atoms with Crippen LogP contribution in [-0.2, 0) is 11.8 Å². The van der Waals surface area contributed by atoms with Gasteiger partial charge in [0.2, 0.25) is 0 Å². The predicted molar refractivity (Wildman–Crippen MR) is 108 cm³/mol. The standard InChI is InChI=1S/C19H17BrN4O4/c1-12-18(13-3-5-14(20)6-4-13)19(23(2)22-12)21-17(25)11-28-16-9-7-15(8-10-16)24(26)27/h3-10H,11H2,1-2H3,(H,21,25). The number of carbonyl (C=O) groups excluding carboxylic acids is 1. The minimum atomic E-state index is -0.495. The van der Waals surface area contributed by atoms with Crippen LogP contribution in [0.4, 0.5) is 11.5 Å². The number of aryl methyl sites for hydroxylation is 2. The van der Waals surface area contributed by atoms with E-state index in [-0.39, 0.29) is 18.2 Å². The number of hydrogen-bond acceptors (Lipinski definition) is 5. The lowest BCUT2D eigenvalue weighted by atomic mass is 10.1. The first-order valence-electron chi connectivity index (χ1n) is 8.32. The van der Waals surface area contributed by atoms with Gasteiger partial charge in [-0.1, -0.05) is 28.1 Å². The van der Waals surface area contributed by atoms with E-state index in [1.165, 1.54) is 24.3 Å². The maximum atomic E-state index is 12.4. The predicted octanol–water partition coefficient (Wildman–Crippen LogP) is 4.08. The number of nitro groups is 1. The lowest BCUT2D eigenvalue weighted by Crippen LogP contribution is -2.22. The Morgan fingerprint density at radius 3 is 2.46 bits per heavy atom. The summed E-state index contributed by atoms with van der Waals surface area (Å²) in [5.41, 5.74) is 2.51. The van der Waals surface area contributed by atoms with E-state index in [1.807, 2.05) is 31.2 Å². The molecule has 0 atom stereocenters. The van der Waals surface area contributed by atoms with Crippen molar-refractivity contribution in [3.63, 3.8) is 0 Å². The van der Waals surface area contributed by atoms with Crippen molar-refractivity contribution in [2.24, 2.45) is 7.05 Å². The van der Waals surface area contributed by atoms with E-state index >= 15 is 0 Å². The van der Waals surface area contributed by atoms with E-state index in [0.717, 1.165) is 21.3 Å². The van der Waals surface area contributed by atoms with Crippen LogP contribution in [0.3, 0.4) is 0 Å². The van der Waals surface area contributed by atoms with Crippen molar-refractivity contribution in [3.8, 4) is 16.9 Å². The van der Waals surface area contributed by atoms with Gasteiger partial charge in [0.05, 0.1) is 10.6 Å². The largest absolute Gasteiger partial charge is 0.484 e. The number of benzene rings is 2. The van der Waals surface area contributed by atoms with Crippen LogP contribution < -0.4 is 10.1 Å². The average molecular weight is 445 g/mol. The number of aromatic nitrogens is 2. The summed E-state index contributed by atoms with van der Waals surface area (Å²) in [6.07, 6.45) is 0. The van der Waals surface area contributed by atoms with Gasteiger partial charge in [-0.2, -0.15) is 5.10 Å². The molecule has 0 unspecified atom stereocenters. The average Bonchev–Trinajstić information content (AvgIpc) is 2.94. The van der Waals surface area contributed by atoms with Crippen LogP contribution in [0.5, 0.6) is 5.75 Å². The van der Waals surface area contributed by atoms with Crippen molar-refractivity contribution in [1.82, 2.24) is 9.78 Å². The van der Waals surface area contributed by atoms with E-state index < -0.39 is 4.92 Å². The summed E-state index contributed by atoms with van der Waals surface area (Å²) < 4.78 is 7.98. The second-order valence-electron chi connectivity index (χ2n) is 6.03. The molecule has 3 rings (SSSR count). The van der Waals surface area contributed by atoms with Crippen LogP contribution in [0.15, 0.2) is 53.0 Å². The van der Waals surface area contributed by atoms with Gasteiger partial charge in [-0.15, -0.1) is 0 Å². The Morgan fingerprint density at radius 1 is 1.21 bits per heavy atom. The molecule has 28 heavy (non-hydrogen) atoms. The van der Waals surface area contributed by atoms with Gasteiger partial charge in [-0.25, -0.2) is 0 Å². The molecule has 0 fully saturated rings. The smallest absolute Gasteiger partial charge is 0.269 e. The zero-order valence-corrected chi connectivity index (χ0v) is 16.8. The topological polar surface area (TPSA) is 99.3 Å². The van der Waals surface area contributed by atoms with Crippen LogP contribution in [0.25, 0.3) is 11.1 Å². The van der Waals surface area contributed by atoms with Crippen LogP contribution >= 0.6 is 15.9 Å². The van der Waals surface area contributed by atoms with Crippen molar-refractivity contribution in [3.05, 3.63) is 68.8 Å². The van der Waals surface area contributed by atoms with Crippen LogP contribution in [0.2, 0.25) is 0 Å². The van der Waals surface area contributed by atoms with Crippen LogP contribution in [-0.4, -0.2) is 27.2 Å². The van der Waals surface area contributed by atoms with Gasteiger partial charge in [0, 0.05) is 29.2 Å². The fourth-order valence-corrected chi connectivity index (χ4v) is 3.01. The van der Waals surface area contributed by atoms with Crippen molar-refractivity contribution in [2.75, 3.05) is 11.9 Å². The zero-order chi connectivity index (χ0) is 20.3. The highest BCUT2D eigenvalue weighted by Crippen LogP contribution is 2.31. The maximum absolute atomic E-state index is 12.4.